The van der Waals surface area contributed by atoms with Crippen LogP contribution in [0.5, 0.6) is 0 Å². The molecule has 1 aromatic heterocycles. The van der Waals surface area contributed by atoms with E-state index in [-0.39, 0.29) is 11.9 Å². The largest absolute Gasteiger partial charge is 0.370 e. The number of amides is 1. The lowest BCUT2D eigenvalue weighted by atomic mass is 10.0. The number of carbonyl (C=O) groups excluding carboxylic acids is 1. The molecule has 1 fully saturated rings. The molecule has 2 heterocycles. The van der Waals surface area contributed by atoms with E-state index in [0.29, 0.717) is 0 Å². The molecule has 116 valence electrons. The quantitative estimate of drug-likeness (QED) is 0.862. The lowest BCUT2D eigenvalue weighted by Crippen LogP contribution is -2.49. The van der Waals surface area contributed by atoms with E-state index >= 15 is 0 Å². The fourth-order valence-electron chi connectivity index (χ4n) is 2.92. The van der Waals surface area contributed by atoms with Crippen LogP contribution in [0.25, 0.3) is 0 Å². The average Bonchev–Trinajstić information content (AvgIpc) is 2.54. The highest BCUT2D eigenvalue weighted by Crippen LogP contribution is 2.29. The number of aromatic nitrogens is 2. The van der Waals surface area contributed by atoms with Crippen molar-refractivity contribution in [1.82, 2.24) is 15.3 Å². The van der Waals surface area contributed by atoms with Gasteiger partial charge in [0.25, 0.3) is 0 Å². The summed E-state index contributed by atoms with van der Waals surface area (Å²) < 4.78 is 0. The molecule has 1 unspecified atom stereocenters. The number of piperidine rings is 1. The van der Waals surface area contributed by atoms with E-state index in [0.717, 1.165) is 56.0 Å². The number of nitrogens with zero attached hydrogens (tertiary/aromatic N) is 3. The molecule has 0 aromatic carbocycles. The van der Waals surface area contributed by atoms with Gasteiger partial charge in [-0.15, -0.1) is 0 Å². The fourth-order valence-corrected chi connectivity index (χ4v) is 2.92. The topological polar surface area (TPSA) is 70.2 Å². The summed E-state index contributed by atoms with van der Waals surface area (Å²) in [4.78, 5) is 23.1. The first kappa shape index (κ1) is 15.5. The second-order valence-electron chi connectivity index (χ2n) is 5.23. The second kappa shape index (κ2) is 7.24. The molecule has 1 amide bonds. The Kier molecular flexibility index (Phi) is 5.36. The van der Waals surface area contributed by atoms with Gasteiger partial charge in [-0.1, -0.05) is 6.92 Å². The van der Waals surface area contributed by atoms with Gasteiger partial charge in [-0.05, 0) is 32.6 Å². The number of rotatable bonds is 5. The van der Waals surface area contributed by atoms with Crippen molar-refractivity contribution in [3.8, 4) is 0 Å². The van der Waals surface area contributed by atoms with Crippen LogP contribution in [-0.2, 0) is 11.2 Å². The van der Waals surface area contributed by atoms with E-state index < -0.39 is 0 Å². The van der Waals surface area contributed by atoms with Crippen molar-refractivity contribution in [2.24, 2.45) is 0 Å². The lowest BCUT2D eigenvalue weighted by Gasteiger charge is -2.36. The number of hydrogen-bond acceptors (Lipinski definition) is 5. The van der Waals surface area contributed by atoms with Crippen molar-refractivity contribution in [3.05, 3.63) is 11.9 Å². The van der Waals surface area contributed by atoms with Crippen molar-refractivity contribution >= 4 is 17.5 Å². The van der Waals surface area contributed by atoms with Gasteiger partial charge in [0.05, 0.1) is 0 Å². The average molecular weight is 291 g/mol. The van der Waals surface area contributed by atoms with Gasteiger partial charge >= 0.3 is 0 Å². The minimum atomic E-state index is -0.126. The fraction of sp³-hybridized carbons (Fsp3) is 0.667. The van der Waals surface area contributed by atoms with Crippen LogP contribution in [-0.4, -0.2) is 42.1 Å². The van der Waals surface area contributed by atoms with E-state index in [2.05, 4.69) is 39.3 Å². The van der Waals surface area contributed by atoms with Gasteiger partial charge in [-0.2, -0.15) is 0 Å². The molecule has 1 saturated heterocycles. The van der Waals surface area contributed by atoms with Crippen LogP contribution in [0.2, 0.25) is 0 Å². The normalized spacial score (nSPS) is 18.4. The Bertz CT molecular complexity index is 491. The summed E-state index contributed by atoms with van der Waals surface area (Å²) in [6, 6.07) is -0.126. The molecule has 1 aliphatic rings. The first-order valence-electron chi connectivity index (χ1n) is 7.78. The summed E-state index contributed by atoms with van der Waals surface area (Å²) in [5, 5.41) is 6.06. The Balaban J connectivity index is 2.38. The smallest absolute Gasteiger partial charge is 0.242 e. The highest BCUT2D eigenvalue weighted by atomic mass is 16.2. The Labute approximate surface area is 126 Å². The van der Waals surface area contributed by atoms with E-state index in [9.17, 15) is 4.79 Å². The van der Waals surface area contributed by atoms with Gasteiger partial charge in [-0.3, -0.25) is 4.79 Å². The molecule has 0 radical (unpaired) electrons. The molecular formula is C15H25N5O. The molecule has 1 aromatic rings. The zero-order valence-corrected chi connectivity index (χ0v) is 13.1. The van der Waals surface area contributed by atoms with Crippen LogP contribution in [0.3, 0.4) is 0 Å². The maximum atomic E-state index is 12.1. The van der Waals surface area contributed by atoms with Crippen molar-refractivity contribution in [3.63, 3.8) is 0 Å². The second-order valence-corrected chi connectivity index (χ2v) is 5.23. The molecule has 0 bridgehead atoms. The van der Waals surface area contributed by atoms with Crippen LogP contribution in [0.1, 0.15) is 38.7 Å². The molecule has 6 heteroatoms. The molecule has 21 heavy (non-hydrogen) atoms. The van der Waals surface area contributed by atoms with Crippen LogP contribution in [0.15, 0.2) is 6.33 Å². The van der Waals surface area contributed by atoms with E-state index in [1.807, 2.05) is 0 Å². The third-order valence-electron chi connectivity index (χ3n) is 3.94. The van der Waals surface area contributed by atoms with E-state index in [4.69, 9.17) is 0 Å². The SMILES string of the molecule is CCNc1ncnc(N2CCCCC2C(=O)NC)c1CC. The van der Waals surface area contributed by atoms with Crippen molar-refractivity contribution < 1.29 is 4.79 Å². The summed E-state index contributed by atoms with van der Waals surface area (Å²) in [5.74, 6) is 1.85. The standard InChI is InChI=1S/C15H25N5O/c1-4-11-13(17-5-2)18-10-19-14(11)20-9-7-6-8-12(20)15(21)16-3/h10,12H,4-9H2,1-3H3,(H,16,21)(H,17,18,19). The van der Waals surface area contributed by atoms with E-state index in [1.54, 1.807) is 13.4 Å². The lowest BCUT2D eigenvalue weighted by molar-refractivity contribution is -0.122. The number of likely N-dealkylation sites (N-methyl/N-ethyl adjacent to an activating group) is 1. The molecule has 0 spiro atoms. The van der Waals surface area contributed by atoms with Gasteiger partial charge in [0.15, 0.2) is 0 Å². The predicted molar refractivity (Wildman–Crippen MR) is 84.6 cm³/mol. The minimum absolute atomic E-state index is 0.0698. The molecular weight excluding hydrogens is 266 g/mol. The monoisotopic (exact) mass is 291 g/mol. The Morgan fingerprint density at radius 3 is 2.86 bits per heavy atom. The highest BCUT2D eigenvalue weighted by molar-refractivity contribution is 5.85. The summed E-state index contributed by atoms with van der Waals surface area (Å²) in [7, 11) is 1.69. The molecule has 1 aliphatic heterocycles. The number of hydrogen-bond donors (Lipinski definition) is 2. The number of carbonyl (C=O) groups is 1. The Hall–Kier alpha value is -1.85. The van der Waals surface area contributed by atoms with Crippen molar-refractivity contribution in [2.45, 2.75) is 45.6 Å². The van der Waals surface area contributed by atoms with Crippen LogP contribution >= 0.6 is 0 Å². The maximum absolute atomic E-state index is 12.1. The molecule has 2 rings (SSSR count). The zero-order chi connectivity index (χ0) is 15.2. The Morgan fingerprint density at radius 1 is 1.38 bits per heavy atom. The summed E-state index contributed by atoms with van der Waals surface area (Å²) in [6.45, 7) is 5.84. The number of nitrogens with one attached hydrogen (secondary N) is 2. The summed E-state index contributed by atoms with van der Waals surface area (Å²) >= 11 is 0. The van der Waals surface area contributed by atoms with Crippen LogP contribution in [0.4, 0.5) is 11.6 Å². The minimum Gasteiger partial charge on any atom is -0.370 e. The zero-order valence-electron chi connectivity index (χ0n) is 13.1. The Morgan fingerprint density at radius 2 is 2.19 bits per heavy atom. The number of anilines is 2. The third-order valence-corrected chi connectivity index (χ3v) is 3.94. The molecule has 0 aliphatic carbocycles. The highest BCUT2D eigenvalue weighted by Gasteiger charge is 2.30. The third kappa shape index (κ3) is 3.25. The van der Waals surface area contributed by atoms with Gasteiger partial charge < -0.3 is 15.5 Å². The maximum Gasteiger partial charge on any atom is 0.242 e. The van der Waals surface area contributed by atoms with Crippen molar-refractivity contribution in [2.75, 3.05) is 30.4 Å². The first-order chi connectivity index (χ1) is 10.2. The van der Waals surface area contributed by atoms with Gasteiger partial charge in [0.2, 0.25) is 5.91 Å². The van der Waals surface area contributed by atoms with Gasteiger partial charge in [-0.25, -0.2) is 9.97 Å². The molecule has 6 nitrogen and oxygen atoms in total. The molecule has 1 atom stereocenters. The van der Waals surface area contributed by atoms with E-state index in [1.165, 1.54) is 0 Å². The first-order valence-corrected chi connectivity index (χ1v) is 7.78. The van der Waals surface area contributed by atoms with Gasteiger partial charge in [0, 0.05) is 25.7 Å². The summed E-state index contributed by atoms with van der Waals surface area (Å²) in [6.07, 6.45) is 5.49. The molecule has 2 N–H and O–H groups in total. The van der Waals surface area contributed by atoms with Crippen LogP contribution in [0, 0.1) is 0 Å². The predicted octanol–water partition coefficient (Wildman–Crippen LogP) is 1.58. The summed E-state index contributed by atoms with van der Waals surface area (Å²) in [5.41, 5.74) is 1.09. The van der Waals surface area contributed by atoms with Crippen molar-refractivity contribution in [1.29, 1.82) is 0 Å². The van der Waals surface area contributed by atoms with Gasteiger partial charge in [0.1, 0.15) is 24.0 Å². The molecule has 0 saturated carbocycles. The van der Waals surface area contributed by atoms with Crippen LogP contribution < -0.4 is 15.5 Å².